The van der Waals surface area contributed by atoms with Gasteiger partial charge in [0.25, 0.3) is 0 Å². The van der Waals surface area contributed by atoms with Gasteiger partial charge in [0.1, 0.15) is 6.29 Å². The summed E-state index contributed by atoms with van der Waals surface area (Å²) in [6.07, 6.45) is 8.06. The van der Waals surface area contributed by atoms with E-state index in [1.54, 1.807) is 6.08 Å². The van der Waals surface area contributed by atoms with Crippen molar-refractivity contribution < 1.29 is 6.22 Å². The number of carbonyl (C=O) groups is 1. The summed E-state index contributed by atoms with van der Waals surface area (Å²) < 4.78 is 0. The molecule has 1 aliphatic heterocycles. The molecule has 0 aliphatic carbocycles. The fourth-order valence-electron chi connectivity index (χ4n) is 1.22. The molecule has 1 atom stereocenters. The maximum atomic E-state index is 9.93. The van der Waals surface area contributed by atoms with Crippen molar-refractivity contribution in [1.29, 1.82) is 0 Å². The fourth-order valence-corrected chi connectivity index (χ4v) is 1.22. The van der Waals surface area contributed by atoms with Crippen LogP contribution in [0.5, 0.6) is 0 Å². The van der Waals surface area contributed by atoms with E-state index in [0.29, 0.717) is 6.04 Å². The third kappa shape index (κ3) is 2.31. The van der Waals surface area contributed by atoms with E-state index in [1.807, 2.05) is 6.08 Å². The lowest BCUT2D eigenvalue weighted by molar-refractivity contribution is -0.104. The van der Waals surface area contributed by atoms with E-state index >= 15 is 0 Å². The second-order valence-electron chi connectivity index (χ2n) is 2.58. The molecule has 2 nitrogen and oxygen atoms in total. The minimum absolute atomic E-state index is 0. The Hall–Kier alpha value is -0.630. The van der Waals surface area contributed by atoms with Crippen molar-refractivity contribution in [2.45, 2.75) is 25.3 Å². The Morgan fingerprint density at radius 2 is 2.40 bits per heavy atom. The van der Waals surface area contributed by atoms with Crippen molar-refractivity contribution in [2.75, 3.05) is 6.54 Å². The molecule has 0 bridgehead atoms. The number of allylic oxidation sites excluding steroid dienone is 1. The molecule has 1 saturated heterocycles. The Labute approximate surface area is 62.8 Å². The molecular formula is C8H15NO. The van der Waals surface area contributed by atoms with Gasteiger partial charge >= 0.3 is 0 Å². The summed E-state index contributed by atoms with van der Waals surface area (Å²) in [6, 6.07) is 0.443. The van der Waals surface area contributed by atoms with Crippen LogP contribution in [0.3, 0.4) is 0 Å². The smallest absolute Gasteiger partial charge is 0.142 e. The number of hydrogen-bond donors (Lipinski definition) is 1. The minimum Gasteiger partial charge on any atom is -0.311 e. The molecule has 0 aromatic rings. The van der Waals surface area contributed by atoms with E-state index in [9.17, 15) is 4.79 Å². The quantitative estimate of drug-likeness (QED) is 0.461. The second-order valence-corrected chi connectivity index (χ2v) is 2.58. The van der Waals surface area contributed by atoms with Crippen LogP contribution in [0.4, 0.5) is 0 Å². The molecule has 0 saturated carbocycles. The van der Waals surface area contributed by atoms with Crippen LogP contribution in [-0.2, 0) is 4.79 Å². The van der Waals surface area contributed by atoms with Crippen molar-refractivity contribution in [3.05, 3.63) is 12.2 Å². The van der Waals surface area contributed by atoms with E-state index in [-0.39, 0.29) is 1.43 Å². The highest BCUT2D eigenvalue weighted by Crippen LogP contribution is 2.06. The Morgan fingerprint density at radius 1 is 1.50 bits per heavy atom. The zero-order chi connectivity index (χ0) is 7.23. The molecule has 1 rings (SSSR count). The average Bonchev–Trinajstić information content (AvgIpc) is 2.03. The third-order valence-corrected chi connectivity index (χ3v) is 1.77. The van der Waals surface area contributed by atoms with Crippen LogP contribution in [-0.4, -0.2) is 18.9 Å². The molecule has 1 aliphatic rings. The first-order chi connectivity index (χ1) is 4.93. The Balaban J connectivity index is 0.000001000. The maximum Gasteiger partial charge on any atom is 0.142 e. The largest absolute Gasteiger partial charge is 0.311 e. The molecular weight excluding hydrogens is 126 g/mol. The minimum atomic E-state index is 0. The van der Waals surface area contributed by atoms with Crippen LogP contribution in [0.1, 0.15) is 20.7 Å². The molecule has 1 N–H and O–H groups in total. The van der Waals surface area contributed by atoms with Gasteiger partial charge in [-0.3, -0.25) is 4.79 Å². The van der Waals surface area contributed by atoms with Crippen LogP contribution in [0.15, 0.2) is 12.2 Å². The zero-order valence-electron chi connectivity index (χ0n) is 6.05. The van der Waals surface area contributed by atoms with Crippen LogP contribution in [0, 0.1) is 0 Å². The van der Waals surface area contributed by atoms with Gasteiger partial charge in [-0.2, -0.15) is 0 Å². The molecule has 10 heavy (non-hydrogen) atoms. The lowest BCUT2D eigenvalue weighted by Gasteiger charge is -2.19. The van der Waals surface area contributed by atoms with Crippen molar-refractivity contribution in [3.8, 4) is 0 Å². The van der Waals surface area contributed by atoms with Crippen molar-refractivity contribution in [3.63, 3.8) is 0 Å². The van der Waals surface area contributed by atoms with E-state index in [2.05, 4.69) is 5.32 Å². The molecule has 58 valence electrons. The second kappa shape index (κ2) is 4.23. The van der Waals surface area contributed by atoms with Gasteiger partial charge in [0.15, 0.2) is 0 Å². The van der Waals surface area contributed by atoms with E-state index in [4.69, 9.17) is 0 Å². The Kier molecular flexibility index (Phi) is 3.16. The van der Waals surface area contributed by atoms with Crippen molar-refractivity contribution in [1.82, 2.24) is 5.32 Å². The topological polar surface area (TPSA) is 29.1 Å². The van der Waals surface area contributed by atoms with E-state index in [1.165, 1.54) is 19.3 Å². The SMILES string of the molecule is O=C/C=C/C1CCCCN1.[HH]. The number of nitrogens with one attached hydrogen (secondary N) is 1. The summed E-state index contributed by atoms with van der Waals surface area (Å²) in [5.74, 6) is 0. The molecule has 1 heterocycles. The molecule has 0 aromatic heterocycles. The Bertz CT molecular complexity index is 130. The number of piperidine rings is 1. The maximum absolute atomic E-state index is 9.93. The number of hydrogen-bond acceptors (Lipinski definition) is 2. The fraction of sp³-hybridized carbons (Fsp3) is 0.625. The molecule has 1 fully saturated rings. The highest BCUT2D eigenvalue weighted by Gasteiger charge is 2.07. The van der Waals surface area contributed by atoms with Crippen LogP contribution < -0.4 is 5.32 Å². The average molecular weight is 141 g/mol. The Morgan fingerprint density at radius 3 is 3.00 bits per heavy atom. The summed E-state index contributed by atoms with van der Waals surface area (Å²) in [5.41, 5.74) is 0. The van der Waals surface area contributed by atoms with Crippen LogP contribution in [0.25, 0.3) is 0 Å². The highest BCUT2D eigenvalue weighted by molar-refractivity contribution is 5.64. The van der Waals surface area contributed by atoms with Crippen molar-refractivity contribution in [2.24, 2.45) is 0 Å². The lowest BCUT2D eigenvalue weighted by atomic mass is 10.1. The molecule has 0 radical (unpaired) electrons. The zero-order valence-corrected chi connectivity index (χ0v) is 6.05. The highest BCUT2D eigenvalue weighted by atomic mass is 16.1. The number of carbonyl (C=O) groups excluding carboxylic acids is 1. The molecule has 1 unspecified atom stereocenters. The first kappa shape index (κ1) is 7.48. The first-order valence-electron chi connectivity index (χ1n) is 3.79. The summed E-state index contributed by atoms with van der Waals surface area (Å²) in [6.45, 7) is 1.09. The predicted octanol–water partition coefficient (Wildman–Crippen LogP) is 1.13. The van der Waals surface area contributed by atoms with Gasteiger partial charge in [-0.25, -0.2) is 0 Å². The summed E-state index contributed by atoms with van der Waals surface area (Å²) in [5, 5.41) is 3.31. The van der Waals surface area contributed by atoms with Crippen LogP contribution >= 0.6 is 0 Å². The van der Waals surface area contributed by atoms with Gasteiger partial charge in [-0.15, -0.1) is 0 Å². The van der Waals surface area contributed by atoms with Crippen molar-refractivity contribution >= 4 is 6.29 Å². The van der Waals surface area contributed by atoms with Gasteiger partial charge in [-0.05, 0) is 25.5 Å². The normalized spacial score (nSPS) is 27.0. The summed E-state index contributed by atoms with van der Waals surface area (Å²) in [4.78, 5) is 9.93. The number of rotatable bonds is 2. The van der Waals surface area contributed by atoms with Gasteiger partial charge in [-0.1, -0.05) is 12.5 Å². The van der Waals surface area contributed by atoms with Gasteiger partial charge < -0.3 is 5.32 Å². The van der Waals surface area contributed by atoms with Crippen LogP contribution in [0.2, 0.25) is 0 Å². The van der Waals surface area contributed by atoms with Gasteiger partial charge in [0, 0.05) is 7.47 Å². The number of aldehydes is 1. The monoisotopic (exact) mass is 141 g/mol. The third-order valence-electron chi connectivity index (χ3n) is 1.77. The molecule has 0 aromatic carbocycles. The first-order valence-corrected chi connectivity index (χ1v) is 3.79. The van der Waals surface area contributed by atoms with Gasteiger partial charge in [0.05, 0.1) is 0 Å². The standard InChI is InChI=1S/C8H13NO.H2/c10-7-3-5-8-4-1-2-6-9-8;/h3,5,7-9H,1-2,4,6H2;1H/b5-3+;. The van der Waals surface area contributed by atoms with E-state index < -0.39 is 0 Å². The predicted molar refractivity (Wildman–Crippen MR) is 43.0 cm³/mol. The summed E-state index contributed by atoms with van der Waals surface area (Å²) in [7, 11) is 0. The molecule has 0 spiro atoms. The molecule has 0 amide bonds. The van der Waals surface area contributed by atoms with Gasteiger partial charge in [0.2, 0.25) is 0 Å². The lowest BCUT2D eigenvalue weighted by Crippen LogP contribution is -2.32. The van der Waals surface area contributed by atoms with E-state index in [0.717, 1.165) is 12.8 Å². The molecule has 2 heteroatoms. The summed E-state index contributed by atoms with van der Waals surface area (Å²) >= 11 is 0.